The van der Waals surface area contributed by atoms with E-state index in [-0.39, 0.29) is 0 Å². The molecule has 24 heavy (non-hydrogen) atoms. The zero-order chi connectivity index (χ0) is 16.4. The van der Waals surface area contributed by atoms with Gasteiger partial charge in [0, 0.05) is 18.9 Å². The number of anilines is 1. The summed E-state index contributed by atoms with van der Waals surface area (Å²) in [5, 5.41) is 6.88. The number of pyridine rings is 1. The molecule has 6 heteroatoms. The number of nitrogens with zero attached hydrogens (tertiary/aromatic N) is 3. The lowest BCUT2D eigenvalue weighted by molar-refractivity contribution is 0.288. The highest BCUT2D eigenvalue weighted by Crippen LogP contribution is 2.25. The Morgan fingerprint density at radius 2 is 2.21 bits per heavy atom. The van der Waals surface area contributed by atoms with Crippen molar-refractivity contribution in [1.82, 2.24) is 20.1 Å². The highest BCUT2D eigenvalue weighted by atomic mass is 16.3. The minimum atomic E-state index is 0.581. The van der Waals surface area contributed by atoms with E-state index in [1.165, 1.54) is 12.0 Å². The average Bonchev–Trinajstić information content (AvgIpc) is 3.32. The molecule has 0 radical (unpaired) electrons. The van der Waals surface area contributed by atoms with Gasteiger partial charge in [0.1, 0.15) is 17.3 Å². The maximum Gasteiger partial charge on any atom is 0.152 e. The Hall–Kier alpha value is -2.60. The van der Waals surface area contributed by atoms with Crippen molar-refractivity contribution in [2.45, 2.75) is 19.4 Å². The molecule has 0 saturated carbocycles. The topological polar surface area (TPSA) is 84.0 Å². The number of hydrogen-bond donors (Lipinski definition) is 2. The van der Waals surface area contributed by atoms with E-state index >= 15 is 0 Å². The van der Waals surface area contributed by atoms with Crippen LogP contribution in [-0.2, 0) is 13.0 Å². The molecule has 0 spiro atoms. The van der Waals surface area contributed by atoms with Crippen molar-refractivity contribution < 1.29 is 4.42 Å². The first-order valence-corrected chi connectivity index (χ1v) is 8.27. The summed E-state index contributed by atoms with van der Waals surface area (Å²) in [4.78, 5) is 6.63. The van der Waals surface area contributed by atoms with E-state index in [1.807, 2.05) is 30.5 Å². The van der Waals surface area contributed by atoms with Crippen molar-refractivity contribution in [3.05, 3.63) is 54.0 Å². The van der Waals surface area contributed by atoms with Crippen LogP contribution in [-0.4, -0.2) is 33.2 Å². The number of aromatic amines is 1. The van der Waals surface area contributed by atoms with Crippen molar-refractivity contribution in [2.24, 2.45) is 5.92 Å². The lowest BCUT2D eigenvalue weighted by atomic mass is 10.00. The number of rotatable bonds is 5. The Morgan fingerprint density at radius 3 is 3.00 bits per heavy atom. The largest absolute Gasteiger partial charge is 0.458 e. The predicted octanol–water partition coefficient (Wildman–Crippen LogP) is 2.71. The van der Waals surface area contributed by atoms with Gasteiger partial charge in [0.25, 0.3) is 0 Å². The highest BCUT2D eigenvalue weighted by Gasteiger charge is 2.23. The van der Waals surface area contributed by atoms with Crippen LogP contribution < -0.4 is 5.73 Å². The van der Waals surface area contributed by atoms with Gasteiger partial charge >= 0.3 is 0 Å². The summed E-state index contributed by atoms with van der Waals surface area (Å²) in [6.07, 6.45) is 5.88. The van der Waals surface area contributed by atoms with E-state index in [0.717, 1.165) is 43.3 Å². The fraction of sp³-hybridized carbons (Fsp3) is 0.333. The van der Waals surface area contributed by atoms with E-state index in [2.05, 4.69) is 26.1 Å². The van der Waals surface area contributed by atoms with Gasteiger partial charge in [-0.25, -0.2) is 4.98 Å². The normalized spacial score (nSPS) is 18.2. The summed E-state index contributed by atoms with van der Waals surface area (Å²) >= 11 is 0. The zero-order valence-corrected chi connectivity index (χ0v) is 13.5. The SMILES string of the molecule is Nc1ccc(CC2CCN(Cc3ccc(-c4ccn[nH]4)o3)C2)cn1. The van der Waals surface area contributed by atoms with E-state index in [0.29, 0.717) is 11.7 Å². The number of aromatic nitrogens is 3. The van der Waals surface area contributed by atoms with Crippen LogP contribution in [0, 0.1) is 5.92 Å². The Morgan fingerprint density at radius 1 is 1.25 bits per heavy atom. The maximum atomic E-state index is 5.92. The van der Waals surface area contributed by atoms with Crippen LogP contribution in [0.5, 0.6) is 0 Å². The van der Waals surface area contributed by atoms with Crippen LogP contribution in [0.25, 0.3) is 11.5 Å². The van der Waals surface area contributed by atoms with Gasteiger partial charge in [0.2, 0.25) is 0 Å². The highest BCUT2D eigenvalue weighted by molar-refractivity contribution is 5.51. The van der Waals surface area contributed by atoms with Gasteiger partial charge in [-0.15, -0.1) is 0 Å². The van der Waals surface area contributed by atoms with Crippen molar-refractivity contribution in [3.63, 3.8) is 0 Å². The molecule has 1 aliphatic heterocycles. The first kappa shape index (κ1) is 15.0. The minimum absolute atomic E-state index is 0.581. The van der Waals surface area contributed by atoms with Gasteiger partial charge in [-0.2, -0.15) is 5.10 Å². The average molecular weight is 323 g/mol. The Labute approximate surface area is 140 Å². The molecule has 0 bridgehead atoms. The number of furan rings is 1. The predicted molar refractivity (Wildman–Crippen MR) is 92.0 cm³/mol. The third-order valence-corrected chi connectivity index (χ3v) is 4.55. The molecule has 4 heterocycles. The van der Waals surface area contributed by atoms with Gasteiger partial charge in [-0.05, 0) is 55.1 Å². The number of nitrogens with one attached hydrogen (secondary N) is 1. The number of hydrogen-bond acceptors (Lipinski definition) is 5. The molecule has 1 saturated heterocycles. The molecule has 0 amide bonds. The van der Waals surface area contributed by atoms with Crippen LogP contribution in [0.3, 0.4) is 0 Å². The monoisotopic (exact) mass is 323 g/mol. The molecule has 3 aromatic rings. The molecule has 4 rings (SSSR count). The Balaban J connectivity index is 1.33. The molecule has 1 fully saturated rings. The molecule has 1 atom stereocenters. The van der Waals surface area contributed by atoms with Crippen LogP contribution in [0.1, 0.15) is 17.7 Å². The van der Waals surface area contributed by atoms with Gasteiger partial charge in [-0.1, -0.05) is 6.07 Å². The zero-order valence-electron chi connectivity index (χ0n) is 13.5. The first-order chi connectivity index (χ1) is 11.8. The van der Waals surface area contributed by atoms with Crippen LogP contribution >= 0.6 is 0 Å². The van der Waals surface area contributed by atoms with Gasteiger partial charge in [-0.3, -0.25) is 10.00 Å². The summed E-state index contributed by atoms with van der Waals surface area (Å²) in [5.41, 5.74) is 7.82. The van der Waals surface area contributed by atoms with E-state index in [1.54, 1.807) is 6.20 Å². The van der Waals surface area contributed by atoms with Crippen LogP contribution in [0.15, 0.2) is 47.1 Å². The molecule has 0 aliphatic carbocycles. The molecule has 3 N–H and O–H groups in total. The van der Waals surface area contributed by atoms with Gasteiger partial charge < -0.3 is 10.2 Å². The lowest BCUT2D eigenvalue weighted by Crippen LogP contribution is -2.20. The molecule has 124 valence electrons. The van der Waals surface area contributed by atoms with E-state index < -0.39 is 0 Å². The van der Waals surface area contributed by atoms with E-state index in [4.69, 9.17) is 10.2 Å². The van der Waals surface area contributed by atoms with Crippen molar-refractivity contribution >= 4 is 5.82 Å². The molecule has 1 aliphatic rings. The quantitative estimate of drug-likeness (QED) is 0.754. The molecule has 3 aromatic heterocycles. The van der Waals surface area contributed by atoms with E-state index in [9.17, 15) is 0 Å². The van der Waals surface area contributed by atoms with Crippen molar-refractivity contribution in [2.75, 3.05) is 18.8 Å². The van der Waals surface area contributed by atoms with Gasteiger partial charge in [0.05, 0.1) is 6.54 Å². The van der Waals surface area contributed by atoms with Gasteiger partial charge in [0.15, 0.2) is 5.76 Å². The second kappa shape index (κ2) is 6.49. The number of nitrogens with two attached hydrogens (primary N) is 1. The summed E-state index contributed by atoms with van der Waals surface area (Å²) in [7, 11) is 0. The minimum Gasteiger partial charge on any atom is -0.458 e. The standard InChI is InChI=1S/C18H21N5O/c19-18-4-1-13(10-20-18)9-14-6-8-23(11-14)12-15-2-3-17(24-15)16-5-7-21-22-16/h1-5,7,10,14H,6,8-9,11-12H2,(H2,19,20)(H,21,22). The van der Waals surface area contributed by atoms with Crippen LogP contribution in [0.2, 0.25) is 0 Å². The summed E-state index contributed by atoms with van der Waals surface area (Å²) in [6, 6.07) is 9.91. The molecular formula is C18H21N5O. The first-order valence-electron chi connectivity index (χ1n) is 8.27. The number of likely N-dealkylation sites (tertiary alicyclic amines) is 1. The molecular weight excluding hydrogens is 302 g/mol. The Kier molecular flexibility index (Phi) is 4.04. The molecule has 1 unspecified atom stereocenters. The van der Waals surface area contributed by atoms with Crippen LogP contribution in [0.4, 0.5) is 5.82 Å². The number of H-pyrrole nitrogens is 1. The molecule has 0 aromatic carbocycles. The molecule has 6 nitrogen and oxygen atoms in total. The smallest absolute Gasteiger partial charge is 0.152 e. The second-order valence-electron chi connectivity index (χ2n) is 6.42. The fourth-order valence-corrected chi connectivity index (χ4v) is 3.33. The van der Waals surface area contributed by atoms with Crippen molar-refractivity contribution in [3.8, 4) is 11.5 Å². The lowest BCUT2D eigenvalue weighted by Gasteiger charge is -2.14. The maximum absolute atomic E-state index is 5.92. The summed E-state index contributed by atoms with van der Waals surface area (Å²) < 4.78 is 5.92. The number of nitrogen functional groups attached to an aromatic ring is 1. The Bertz CT molecular complexity index is 778. The second-order valence-corrected chi connectivity index (χ2v) is 6.42. The summed E-state index contributed by atoms with van der Waals surface area (Å²) in [5.74, 6) is 3.08. The van der Waals surface area contributed by atoms with Crippen molar-refractivity contribution in [1.29, 1.82) is 0 Å². The summed E-state index contributed by atoms with van der Waals surface area (Å²) in [6.45, 7) is 3.04. The third-order valence-electron chi connectivity index (χ3n) is 4.55. The fourth-order valence-electron chi connectivity index (χ4n) is 3.33. The third kappa shape index (κ3) is 3.33.